The summed E-state index contributed by atoms with van der Waals surface area (Å²) in [5, 5.41) is 19.2. The van der Waals surface area contributed by atoms with Gasteiger partial charge in [0.15, 0.2) is 0 Å². The molecule has 2 fully saturated rings. The van der Waals surface area contributed by atoms with E-state index in [1.165, 1.54) is 6.07 Å². The molecular formula is C22H34FN3O2. The number of aliphatic hydroxyl groups is 1. The summed E-state index contributed by atoms with van der Waals surface area (Å²) in [7, 11) is 0. The number of carbonyl (C=O) groups excluding carboxylic acids is 1. The summed E-state index contributed by atoms with van der Waals surface area (Å²) in [5.41, 5.74) is 1.03. The molecule has 5 unspecified atom stereocenters. The smallest absolute Gasteiger partial charge is 0.237 e. The molecule has 1 amide bonds. The average molecular weight is 392 g/mol. The summed E-state index contributed by atoms with van der Waals surface area (Å²) in [6.07, 6.45) is 6.49. The van der Waals surface area contributed by atoms with Gasteiger partial charge in [-0.05, 0) is 62.1 Å². The second kappa shape index (κ2) is 10.3. The van der Waals surface area contributed by atoms with Gasteiger partial charge in [-0.15, -0.1) is 0 Å². The number of aliphatic hydroxyl groups excluding tert-OH is 1. The maximum atomic E-state index is 13.5. The molecule has 28 heavy (non-hydrogen) atoms. The van der Waals surface area contributed by atoms with Crippen LogP contribution in [-0.4, -0.2) is 48.3 Å². The van der Waals surface area contributed by atoms with Gasteiger partial charge < -0.3 is 21.1 Å². The quantitative estimate of drug-likeness (QED) is 0.575. The number of hydrogen-bond acceptors (Lipinski definition) is 4. The zero-order valence-corrected chi connectivity index (χ0v) is 16.8. The number of nitrogens with one attached hydrogen (secondary N) is 3. The third-order valence-corrected chi connectivity index (χ3v) is 6.20. The van der Waals surface area contributed by atoms with Crippen molar-refractivity contribution in [3.05, 3.63) is 35.6 Å². The molecule has 156 valence electrons. The van der Waals surface area contributed by atoms with Crippen LogP contribution in [-0.2, 0) is 11.2 Å². The van der Waals surface area contributed by atoms with Crippen molar-refractivity contribution < 1.29 is 14.3 Å². The molecule has 0 saturated carbocycles. The SMILES string of the molecule is CCCC1NC(C(=O)NC2CCC(CO)NC2)CCC1Cc1cccc(F)c1. The van der Waals surface area contributed by atoms with E-state index >= 15 is 0 Å². The third-order valence-electron chi connectivity index (χ3n) is 6.20. The van der Waals surface area contributed by atoms with Crippen LogP contribution in [0, 0.1) is 11.7 Å². The van der Waals surface area contributed by atoms with Crippen LogP contribution in [0.25, 0.3) is 0 Å². The Hall–Kier alpha value is -1.50. The van der Waals surface area contributed by atoms with Gasteiger partial charge in [-0.2, -0.15) is 0 Å². The predicted molar refractivity (Wildman–Crippen MR) is 108 cm³/mol. The molecule has 3 rings (SSSR count). The molecule has 1 aromatic carbocycles. The van der Waals surface area contributed by atoms with Crippen LogP contribution < -0.4 is 16.0 Å². The molecule has 0 aromatic heterocycles. The number of carbonyl (C=O) groups is 1. The predicted octanol–water partition coefficient (Wildman–Crippen LogP) is 2.13. The standard InChI is InChI=1S/C22H34FN3O2/c1-2-4-20-16(11-15-5-3-6-17(23)12-15)7-10-21(26-20)22(28)25-18-8-9-19(14-27)24-13-18/h3,5-6,12,16,18-21,24,26-27H,2,4,7-11,13-14H2,1H3,(H,25,28). The maximum Gasteiger partial charge on any atom is 0.237 e. The van der Waals surface area contributed by atoms with Crippen molar-refractivity contribution in [1.29, 1.82) is 0 Å². The van der Waals surface area contributed by atoms with Gasteiger partial charge in [0, 0.05) is 24.7 Å². The number of benzene rings is 1. The highest BCUT2D eigenvalue weighted by Crippen LogP contribution is 2.27. The first-order valence-corrected chi connectivity index (χ1v) is 10.7. The summed E-state index contributed by atoms with van der Waals surface area (Å²) in [5.74, 6) is 0.321. The van der Waals surface area contributed by atoms with Crippen LogP contribution >= 0.6 is 0 Å². The highest BCUT2D eigenvalue weighted by atomic mass is 19.1. The summed E-state index contributed by atoms with van der Waals surface area (Å²) in [6, 6.07) is 7.26. The molecule has 4 N–H and O–H groups in total. The Balaban J connectivity index is 1.53. The Bertz CT molecular complexity index is 634. The van der Waals surface area contributed by atoms with E-state index in [1.54, 1.807) is 12.1 Å². The van der Waals surface area contributed by atoms with Crippen LogP contribution in [0.2, 0.25) is 0 Å². The van der Waals surface area contributed by atoms with Crippen molar-refractivity contribution in [3.63, 3.8) is 0 Å². The monoisotopic (exact) mass is 391 g/mol. The fraction of sp³-hybridized carbons (Fsp3) is 0.682. The second-order valence-electron chi connectivity index (χ2n) is 8.36. The number of halogens is 1. The van der Waals surface area contributed by atoms with Crippen molar-refractivity contribution in [2.45, 2.75) is 76.0 Å². The van der Waals surface area contributed by atoms with Crippen LogP contribution in [0.15, 0.2) is 24.3 Å². The topological polar surface area (TPSA) is 73.4 Å². The molecule has 2 aliphatic rings. The van der Waals surface area contributed by atoms with Crippen LogP contribution in [0.5, 0.6) is 0 Å². The lowest BCUT2D eigenvalue weighted by Gasteiger charge is -2.38. The van der Waals surface area contributed by atoms with E-state index < -0.39 is 0 Å². The van der Waals surface area contributed by atoms with Gasteiger partial charge in [0.1, 0.15) is 5.82 Å². The van der Waals surface area contributed by atoms with E-state index in [9.17, 15) is 14.3 Å². The van der Waals surface area contributed by atoms with Gasteiger partial charge in [-0.25, -0.2) is 4.39 Å². The molecule has 0 aliphatic carbocycles. The Morgan fingerprint density at radius 3 is 2.82 bits per heavy atom. The minimum absolute atomic E-state index is 0.0829. The van der Waals surface area contributed by atoms with Crippen LogP contribution in [0.4, 0.5) is 4.39 Å². The molecule has 0 radical (unpaired) electrons. The summed E-state index contributed by atoms with van der Waals surface area (Å²) < 4.78 is 13.5. The van der Waals surface area contributed by atoms with Crippen molar-refractivity contribution >= 4 is 5.91 Å². The van der Waals surface area contributed by atoms with Crippen molar-refractivity contribution in [3.8, 4) is 0 Å². The molecule has 2 heterocycles. The lowest BCUT2D eigenvalue weighted by Crippen LogP contribution is -2.58. The second-order valence-corrected chi connectivity index (χ2v) is 8.36. The highest BCUT2D eigenvalue weighted by molar-refractivity contribution is 5.82. The average Bonchev–Trinajstić information content (AvgIpc) is 2.70. The van der Waals surface area contributed by atoms with E-state index in [-0.39, 0.29) is 42.5 Å². The Morgan fingerprint density at radius 1 is 1.29 bits per heavy atom. The highest BCUT2D eigenvalue weighted by Gasteiger charge is 2.33. The van der Waals surface area contributed by atoms with Gasteiger partial charge in [-0.1, -0.05) is 25.5 Å². The van der Waals surface area contributed by atoms with E-state index in [0.717, 1.165) is 50.5 Å². The zero-order valence-electron chi connectivity index (χ0n) is 16.8. The van der Waals surface area contributed by atoms with E-state index in [4.69, 9.17) is 0 Å². The third kappa shape index (κ3) is 5.75. The molecular weight excluding hydrogens is 357 g/mol. The molecule has 2 aliphatic heterocycles. The molecule has 5 nitrogen and oxygen atoms in total. The number of amides is 1. The van der Waals surface area contributed by atoms with Gasteiger partial charge in [0.2, 0.25) is 5.91 Å². The van der Waals surface area contributed by atoms with Gasteiger partial charge in [0.25, 0.3) is 0 Å². The lowest BCUT2D eigenvalue weighted by molar-refractivity contribution is -0.125. The number of piperidine rings is 2. The molecule has 0 bridgehead atoms. The fourth-order valence-electron chi connectivity index (χ4n) is 4.60. The summed E-state index contributed by atoms with van der Waals surface area (Å²) in [4.78, 5) is 12.8. The molecule has 0 spiro atoms. The minimum atomic E-state index is -0.185. The Morgan fingerprint density at radius 2 is 2.14 bits per heavy atom. The molecule has 5 atom stereocenters. The lowest BCUT2D eigenvalue weighted by atomic mass is 9.81. The Kier molecular flexibility index (Phi) is 7.82. The number of hydrogen-bond donors (Lipinski definition) is 4. The van der Waals surface area contributed by atoms with Crippen molar-refractivity contribution in [1.82, 2.24) is 16.0 Å². The maximum absolute atomic E-state index is 13.5. The first kappa shape index (κ1) is 21.2. The van der Waals surface area contributed by atoms with Gasteiger partial charge in [0.05, 0.1) is 12.6 Å². The largest absolute Gasteiger partial charge is 0.395 e. The molecule has 1 aromatic rings. The summed E-state index contributed by atoms with van der Waals surface area (Å²) in [6.45, 7) is 3.02. The van der Waals surface area contributed by atoms with Gasteiger partial charge >= 0.3 is 0 Å². The van der Waals surface area contributed by atoms with Crippen molar-refractivity contribution in [2.24, 2.45) is 5.92 Å². The zero-order chi connectivity index (χ0) is 19.9. The number of rotatable bonds is 7. The van der Waals surface area contributed by atoms with E-state index in [0.29, 0.717) is 12.5 Å². The normalized spacial score (nSPS) is 30.8. The van der Waals surface area contributed by atoms with Crippen molar-refractivity contribution in [2.75, 3.05) is 13.2 Å². The minimum Gasteiger partial charge on any atom is -0.395 e. The molecule has 2 saturated heterocycles. The van der Waals surface area contributed by atoms with Gasteiger partial charge in [-0.3, -0.25) is 4.79 Å². The van der Waals surface area contributed by atoms with Crippen LogP contribution in [0.3, 0.4) is 0 Å². The first-order valence-electron chi connectivity index (χ1n) is 10.7. The van der Waals surface area contributed by atoms with E-state index in [2.05, 4.69) is 22.9 Å². The first-order chi connectivity index (χ1) is 13.6. The summed E-state index contributed by atoms with van der Waals surface area (Å²) >= 11 is 0. The van der Waals surface area contributed by atoms with E-state index in [1.807, 2.05) is 6.07 Å². The Labute approximate surface area is 167 Å². The van der Waals surface area contributed by atoms with Crippen LogP contribution in [0.1, 0.15) is 51.0 Å². The fourth-order valence-corrected chi connectivity index (χ4v) is 4.60. The molecule has 6 heteroatoms.